The fraction of sp³-hybridized carbons (Fsp3) is 0.222. The molecule has 116 valence electrons. The first kappa shape index (κ1) is 13.9. The Hall–Kier alpha value is -2.69. The van der Waals surface area contributed by atoms with Crippen molar-refractivity contribution < 1.29 is 13.7 Å². The van der Waals surface area contributed by atoms with Crippen LogP contribution >= 0.6 is 0 Å². The smallest absolute Gasteiger partial charge is 0.230 e. The first-order valence-electron chi connectivity index (χ1n) is 7.59. The van der Waals surface area contributed by atoms with Crippen LogP contribution in [0, 0.1) is 5.82 Å². The lowest BCUT2D eigenvalue weighted by atomic mass is 10.2. The zero-order valence-corrected chi connectivity index (χ0v) is 12.4. The van der Waals surface area contributed by atoms with Crippen LogP contribution < -0.4 is 4.74 Å². The van der Waals surface area contributed by atoms with Crippen LogP contribution in [0.2, 0.25) is 0 Å². The summed E-state index contributed by atoms with van der Waals surface area (Å²) >= 11 is 0. The standard InChI is InChI=1S/C18H15FN2O2/c19-15-7-1-12(2-8-15)11-22-16-9-5-13(6-10-16)17-20-18(23-21-17)14-3-4-14/h1-2,5-10,14H,3-4,11H2. The summed E-state index contributed by atoms with van der Waals surface area (Å²) in [5, 5.41) is 4.02. The van der Waals surface area contributed by atoms with Gasteiger partial charge in [-0.1, -0.05) is 17.3 Å². The third kappa shape index (κ3) is 3.23. The summed E-state index contributed by atoms with van der Waals surface area (Å²) in [6.07, 6.45) is 2.27. The number of rotatable bonds is 5. The summed E-state index contributed by atoms with van der Waals surface area (Å²) < 4.78 is 23.8. The number of aromatic nitrogens is 2. The van der Waals surface area contributed by atoms with E-state index in [9.17, 15) is 4.39 Å². The molecule has 23 heavy (non-hydrogen) atoms. The van der Waals surface area contributed by atoms with Gasteiger partial charge in [-0.3, -0.25) is 0 Å². The third-order valence-electron chi connectivity index (χ3n) is 3.80. The summed E-state index contributed by atoms with van der Waals surface area (Å²) in [5.41, 5.74) is 1.82. The lowest BCUT2D eigenvalue weighted by Gasteiger charge is -2.06. The highest BCUT2D eigenvalue weighted by Gasteiger charge is 2.29. The molecule has 0 radical (unpaired) electrons. The zero-order chi connectivity index (χ0) is 15.6. The van der Waals surface area contributed by atoms with Crippen molar-refractivity contribution in [3.05, 3.63) is 65.8 Å². The van der Waals surface area contributed by atoms with Gasteiger partial charge in [0.25, 0.3) is 0 Å². The second-order valence-electron chi connectivity index (χ2n) is 5.67. The van der Waals surface area contributed by atoms with Crippen LogP contribution in [0.3, 0.4) is 0 Å². The first-order valence-corrected chi connectivity index (χ1v) is 7.59. The Morgan fingerprint density at radius 3 is 2.48 bits per heavy atom. The van der Waals surface area contributed by atoms with E-state index < -0.39 is 0 Å². The molecule has 0 N–H and O–H groups in total. The molecule has 0 bridgehead atoms. The minimum Gasteiger partial charge on any atom is -0.489 e. The van der Waals surface area contributed by atoms with Crippen LogP contribution in [0.4, 0.5) is 4.39 Å². The SMILES string of the molecule is Fc1ccc(COc2ccc(-c3noc(C4CC4)n3)cc2)cc1. The van der Waals surface area contributed by atoms with Gasteiger partial charge >= 0.3 is 0 Å². The molecular weight excluding hydrogens is 295 g/mol. The molecule has 0 spiro atoms. The van der Waals surface area contributed by atoms with Crippen molar-refractivity contribution in [2.45, 2.75) is 25.4 Å². The molecule has 1 saturated carbocycles. The molecule has 1 fully saturated rings. The minimum absolute atomic E-state index is 0.246. The highest BCUT2D eigenvalue weighted by Crippen LogP contribution is 2.39. The normalized spacial score (nSPS) is 14.0. The highest BCUT2D eigenvalue weighted by molar-refractivity contribution is 5.55. The third-order valence-corrected chi connectivity index (χ3v) is 3.80. The number of hydrogen-bond donors (Lipinski definition) is 0. The lowest BCUT2D eigenvalue weighted by molar-refractivity contribution is 0.306. The molecule has 1 aromatic heterocycles. The molecule has 4 nitrogen and oxygen atoms in total. The van der Waals surface area contributed by atoms with E-state index in [4.69, 9.17) is 9.26 Å². The van der Waals surface area contributed by atoms with Crippen LogP contribution in [0.1, 0.15) is 30.2 Å². The Morgan fingerprint density at radius 1 is 1.04 bits per heavy atom. The number of benzene rings is 2. The monoisotopic (exact) mass is 310 g/mol. The van der Waals surface area contributed by atoms with Crippen LogP contribution in [-0.4, -0.2) is 10.1 Å². The van der Waals surface area contributed by atoms with E-state index >= 15 is 0 Å². The zero-order valence-electron chi connectivity index (χ0n) is 12.4. The minimum atomic E-state index is -0.246. The maximum atomic E-state index is 12.9. The maximum Gasteiger partial charge on any atom is 0.230 e. The summed E-state index contributed by atoms with van der Waals surface area (Å²) in [4.78, 5) is 4.42. The fourth-order valence-electron chi connectivity index (χ4n) is 2.30. The highest BCUT2D eigenvalue weighted by atomic mass is 19.1. The molecule has 0 saturated heterocycles. The predicted octanol–water partition coefficient (Wildman–Crippen LogP) is 4.33. The predicted molar refractivity (Wildman–Crippen MR) is 82.4 cm³/mol. The van der Waals surface area contributed by atoms with Gasteiger partial charge < -0.3 is 9.26 Å². The average molecular weight is 310 g/mol. The fourth-order valence-corrected chi connectivity index (χ4v) is 2.30. The average Bonchev–Trinajstić information content (AvgIpc) is 3.32. The van der Waals surface area contributed by atoms with Gasteiger partial charge in [-0.25, -0.2) is 4.39 Å². The Bertz CT molecular complexity index is 793. The molecule has 5 heteroatoms. The molecule has 2 aromatic carbocycles. The molecule has 1 aliphatic rings. The molecule has 0 amide bonds. The van der Waals surface area contributed by atoms with Gasteiger partial charge in [-0.2, -0.15) is 4.98 Å². The number of halogens is 1. The van der Waals surface area contributed by atoms with Crippen LogP contribution in [0.5, 0.6) is 5.75 Å². The van der Waals surface area contributed by atoms with Gasteiger partial charge in [0.05, 0.1) is 0 Å². The van der Waals surface area contributed by atoms with E-state index in [0.717, 1.165) is 35.6 Å². The van der Waals surface area contributed by atoms with Gasteiger partial charge in [-0.15, -0.1) is 0 Å². The number of ether oxygens (including phenoxy) is 1. The van der Waals surface area contributed by atoms with E-state index in [2.05, 4.69) is 10.1 Å². The van der Waals surface area contributed by atoms with E-state index in [0.29, 0.717) is 18.3 Å². The van der Waals surface area contributed by atoms with Gasteiger partial charge in [0, 0.05) is 11.5 Å². The Labute approximate surface area is 132 Å². The molecular formula is C18H15FN2O2. The summed E-state index contributed by atoms with van der Waals surface area (Å²) in [5.74, 6) is 2.29. The topological polar surface area (TPSA) is 48.2 Å². The van der Waals surface area contributed by atoms with Crippen molar-refractivity contribution in [2.24, 2.45) is 0 Å². The van der Waals surface area contributed by atoms with Crippen molar-refractivity contribution in [1.82, 2.24) is 10.1 Å². The quantitative estimate of drug-likeness (QED) is 0.703. The summed E-state index contributed by atoms with van der Waals surface area (Å²) in [7, 11) is 0. The Balaban J connectivity index is 1.41. The Morgan fingerprint density at radius 2 is 1.78 bits per heavy atom. The van der Waals surface area contributed by atoms with Crippen LogP contribution in [0.15, 0.2) is 53.1 Å². The molecule has 1 heterocycles. The van der Waals surface area contributed by atoms with Crippen molar-refractivity contribution in [1.29, 1.82) is 0 Å². The molecule has 0 atom stereocenters. The number of hydrogen-bond acceptors (Lipinski definition) is 4. The lowest BCUT2D eigenvalue weighted by Crippen LogP contribution is -1.95. The maximum absolute atomic E-state index is 12.9. The van der Waals surface area contributed by atoms with E-state index in [1.807, 2.05) is 24.3 Å². The summed E-state index contributed by atoms with van der Waals surface area (Å²) in [6, 6.07) is 13.8. The van der Waals surface area contributed by atoms with E-state index in [-0.39, 0.29) is 5.82 Å². The van der Waals surface area contributed by atoms with Crippen molar-refractivity contribution in [3.8, 4) is 17.1 Å². The largest absolute Gasteiger partial charge is 0.489 e. The van der Waals surface area contributed by atoms with Crippen LogP contribution in [-0.2, 0) is 6.61 Å². The van der Waals surface area contributed by atoms with Crippen LogP contribution in [0.25, 0.3) is 11.4 Å². The van der Waals surface area contributed by atoms with Crippen molar-refractivity contribution in [3.63, 3.8) is 0 Å². The van der Waals surface area contributed by atoms with E-state index in [1.54, 1.807) is 12.1 Å². The van der Waals surface area contributed by atoms with Gasteiger partial charge in [-0.05, 0) is 54.8 Å². The van der Waals surface area contributed by atoms with Gasteiger partial charge in [0.1, 0.15) is 18.2 Å². The van der Waals surface area contributed by atoms with Gasteiger partial charge in [0.2, 0.25) is 11.7 Å². The molecule has 0 aliphatic heterocycles. The second kappa shape index (κ2) is 5.83. The van der Waals surface area contributed by atoms with Gasteiger partial charge in [0.15, 0.2) is 0 Å². The molecule has 1 aliphatic carbocycles. The molecule has 3 aromatic rings. The first-order chi connectivity index (χ1) is 11.3. The Kier molecular flexibility index (Phi) is 3.54. The number of nitrogens with zero attached hydrogens (tertiary/aromatic N) is 2. The molecule has 4 rings (SSSR count). The van der Waals surface area contributed by atoms with Crippen molar-refractivity contribution >= 4 is 0 Å². The van der Waals surface area contributed by atoms with E-state index in [1.165, 1.54) is 12.1 Å². The summed E-state index contributed by atoms with van der Waals surface area (Å²) in [6.45, 7) is 0.396. The second-order valence-corrected chi connectivity index (χ2v) is 5.67. The molecule has 0 unspecified atom stereocenters. The van der Waals surface area contributed by atoms with Crippen molar-refractivity contribution in [2.75, 3.05) is 0 Å².